The second kappa shape index (κ2) is 3.50. The SMILES string of the molecule is O=C1NC(=O)c2cc(-n3c(=O)[nH][nH]c3=S)ccc21. The van der Waals surface area contributed by atoms with E-state index in [0.717, 1.165) is 0 Å². The molecule has 2 amide bonds. The molecule has 8 heteroatoms. The molecule has 0 atom stereocenters. The molecule has 3 rings (SSSR count). The summed E-state index contributed by atoms with van der Waals surface area (Å²) in [5, 5.41) is 7.01. The van der Waals surface area contributed by atoms with Crippen molar-refractivity contribution in [1.29, 1.82) is 0 Å². The zero-order valence-corrected chi connectivity index (χ0v) is 9.63. The van der Waals surface area contributed by atoms with Crippen LogP contribution in [0.4, 0.5) is 0 Å². The summed E-state index contributed by atoms with van der Waals surface area (Å²) in [6, 6.07) is 4.49. The Morgan fingerprint density at radius 1 is 1.00 bits per heavy atom. The molecule has 0 saturated carbocycles. The molecule has 0 bridgehead atoms. The lowest BCUT2D eigenvalue weighted by Gasteiger charge is -2.01. The van der Waals surface area contributed by atoms with Gasteiger partial charge >= 0.3 is 5.69 Å². The predicted molar refractivity (Wildman–Crippen MR) is 63.4 cm³/mol. The summed E-state index contributed by atoms with van der Waals surface area (Å²) in [4.78, 5) is 34.4. The molecule has 0 aliphatic carbocycles. The Bertz CT molecular complexity index is 770. The van der Waals surface area contributed by atoms with Gasteiger partial charge < -0.3 is 0 Å². The highest BCUT2D eigenvalue weighted by molar-refractivity contribution is 7.71. The lowest BCUT2D eigenvalue weighted by molar-refractivity contribution is 0.0879. The first-order chi connectivity index (χ1) is 8.58. The lowest BCUT2D eigenvalue weighted by Crippen LogP contribution is -2.20. The van der Waals surface area contributed by atoms with Gasteiger partial charge in [-0.15, -0.1) is 0 Å². The number of hydrogen-bond donors (Lipinski definition) is 3. The van der Waals surface area contributed by atoms with E-state index in [1.807, 2.05) is 0 Å². The van der Waals surface area contributed by atoms with Crippen LogP contribution in [0, 0.1) is 4.77 Å². The Labute approximate surface area is 104 Å². The number of nitrogens with zero attached hydrogens (tertiary/aromatic N) is 1. The second-order valence-electron chi connectivity index (χ2n) is 3.71. The maximum absolute atomic E-state index is 11.5. The molecule has 1 aliphatic rings. The fourth-order valence-corrected chi connectivity index (χ4v) is 2.08. The molecule has 2 heterocycles. The van der Waals surface area contributed by atoms with Gasteiger partial charge in [-0.05, 0) is 30.4 Å². The van der Waals surface area contributed by atoms with Crippen molar-refractivity contribution in [1.82, 2.24) is 20.1 Å². The third-order valence-corrected chi connectivity index (χ3v) is 2.94. The van der Waals surface area contributed by atoms with E-state index in [9.17, 15) is 14.4 Å². The average Bonchev–Trinajstić information content (AvgIpc) is 2.81. The molecule has 0 fully saturated rings. The number of carbonyl (C=O) groups is 2. The Hall–Kier alpha value is -2.48. The van der Waals surface area contributed by atoms with E-state index in [0.29, 0.717) is 11.3 Å². The van der Waals surface area contributed by atoms with Crippen molar-refractivity contribution in [2.45, 2.75) is 0 Å². The standard InChI is InChI=1S/C10H6N4O3S/c15-7-5-2-1-4(3-6(5)8(16)11-7)14-9(17)12-13-10(14)18/h1-3H,(H,12,17)(H,13,18)(H,11,15,16). The van der Waals surface area contributed by atoms with E-state index in [4.69, 9.17) is 12.2 Å². The van der Waals surface area contributed by atoms with Crippen LogP contribution in [-0.2, 0) is 0 Å². The van der Waals surface area contributed by atoms with Crippen LogP contribution in [0.3, 0.4) is 0 Å². The maximum Gasteiger partial charge on any atom is 0.347 e. The number of carbonyl (C=O) groups excluding carboxylic acids is 2. The molecule has 7 nitrogen and oxygen atoms in total. The molecule has 0 unspecified atom stereocenters. The molecule has 3 N–H and O–H groups in total. The van der Waals surface area contributed by atoms with Gasteiger partial charge in [0.25, 0.3) is 11.8 Å². The normalized spacial score (nSPS) is 13.6. The van der Waals surface area contributed by atoms with Crippen LogP contribution in [0.2, 0.25) is 0 Å². The fourth-order valence-electron chi connectivity index (χ4n) is 1.84. The van der Waals surface area contributed by atoms with E-state index < -0.39 is 17.5 Å². The summed E-state index contributed by atoms with van der Waals surface area (Å²) < 4.78 is 1.38. The van der Waals surface area contributed by atoms with Gasteiger partial charge in [0.05, 0.1) is 16.8 Å². The van der Waals surface area contributed by atoms with Crippen molar-refractivity contribution < 1.29 is 9.59 Å². The second-order valence-corrected chi connectivity index (χ2v) is 4.10. The fraction of sp³-hybridized carbons (Fsp3) is 0. The highest BCUT2D eigenvalue weighted by atomic mass is 32.1. The molecule has 1 aliphatic heterocycles. The number of rotatable bonds is 1. The Morgan fingerprint density at radius 3 is 2.39 bits per heavy atom. The molecule has 2 aromatic rings. The number of benzene rings is 1. The number of H-pyrrole nitrogens is 2. The minimum absolute atomic E-state index is 0.185. The number of aromatic nitrogens is 3. The Morgan fingerprint density at radius 2 is 1.72 bits per heavy atom. The number of fused-ring (bicyclic) bond motifs is 1. The van der Waals surface area contributed by atoms with Crippen molar-refractivity contribution in [3.05, 3.63) is 44.6 Å². The first-order valence-electron chi connectivity index (χ1n) is 4.98. The van der Waals surface area contributed by atoms with Gasteiger partial charge in [-0.25, -0.2) is 14.5 Å². The molecular formula is C10H6N4O3S. The van der Waals surface area contributed by atoms with E-state index >= 15 is 0 Å². The van der Waals surface area contributed by atoms with E-state index in [2.05, 4.69) is 15.5 Å². The van der Waals surface area contributed by atoms with Gasteiger partial charge in [-0.2, -0.15) is 0 Å². The van der Waals surface area contributed by atoms with E-state index in [1.165, 1.54) is 16.7 Å². The smallest absolute Gasteiger partial charge is 0.288 e. The van der Waals surface area contributed by atoms with Crippen molar-refractivity contribution in [3.8, 4) is 5.69 Å². The summed E-state index contributed by atoms with van der Waals surface area (Å²) >= 11 is 4.94. The number of amides is 2. The van der Waals surface area contributed by atoms with Crippen LogP contribution in [0.25, 0.3) is 5.69 Å². The van der Waals surface area contributed by atoms with Gasteiger partial charge in [-0.3, -0.25) is 20.0 Å². The molecule has 1 aromatic heterocycles. The van der Waals surface area contributed by atoms with Crippen LogP contribution < -0.4 is 11.0 Å². The minimum Gasteiger partial charge on any atom is -0.288 e. The number of nitrogens with one attached hydrogen (secondary N) is 3. The third kappa shape index (κ3) is 1.36. The summed E-state index contributed by atoms with van der Waals surface area (Å²) in [5.74, 6) is -0.913. The molecule has 0 saturated heterocycles. The topological polar surface area (TPSA) is 99.8 Å². The summed E-state index contributed by atoms with van der Waals surface area (Å²) in [5.41, 5.74) is 0.512. The number of hydrogen-bond acceptors (Lipinski definition) is 4. The third-order valence-electron chi connectivity index (χ3n) is 2.66. The van der Waals surface area contributed by atoms with Gasteiger partial charge in [0.1, 0.15) is 0 Å². The van der Waals surface area contributed by atoms with Crippen LogP contribution in [0.1, 0.15) is 20.7 Å². The van der Waals surface area contributed by atoms with Crippen molar-refractivity contribution >= 4 is 24.0 Å². The van der Waals surface area contributed by atoms with Gasteiger partial charge in [0, 0.05) is 0 Å². The average molecular weight is 262 g/mol. The van der Waals surface area contributed by atoms with Gasteiger partial charge in [0.15, 0.2) is 0 Å². The van der Waals surface area contributed by atoms with Crippen molar-refractivity contribution in [2.75, 3.05) is 0 Å². The van der Waals surface area contributed by atoms with Gasteiger partial charge in [0.2, 0.25) is 4.77 Å². The maximum atomic E-state index is 11.5. The van der Waals surface area contributed by atoms with Crippen LogP contribution in [0.5, 0.6) is 0 Å². The van der Waals surface area contributed by atoms with Crippen molar-refractivity contribution in [3.63, 3.8) is 0 Å². The molecule has 0 radical (unpaired) electrons. The highest BCUT2D eigenvalue weighted by Crippen LogP contribution is 2.18. The zero-order valence-electron chi connectivity index (χ0n) is 8.81. The lowest BCUT2D eigenvalue weighted by atomic mass is 10.1. The summed E-state index contributed by atoms with van der Waals surface area (Å²) in [6.45, 7) is 0. The minimum atomic E-state index is -0.477. The largest absolute Gasteiger partial charge is 0.347 e. The molecule has 18 heavy (non-hydrogen) atoms. The van der Waals surface area contributed by atoms with Crippen LogP contribution in [0.15, 0.2) is 23.0 Å². The van der Waals surface area contributed by atoms with Crippen LogP contribution in [-0.4, -0.2) is 26.6 Å². The van der Waals surface area contributed by atoms with Crippen LogP contribution >= 0.6 is 12.2 Å². The highest BCUT2D eigenvalue weighted by Gasteiger charge is 2.27. The quantitative estimate of drug-likeness (QED) is 0.501. The zero-order chi connectivity index (χ0) is 12.9. The summed E-state index contributed by atoms with van der Waals surface area (Å²) in [6.07, 6.45) is 0. The molecule has 90 valence electrons. The van der Waals surface area contributed by atoms with E-state index in [-0.39, 0.29) is 10.3 Å². The predicted octanol–water partition coefficient (Wildman–Crippen LogP) is 0.107. The molecular weight excluding hydrogens is 256 g/mol. The van der Waals surface area contributed by atoms with Gasteiger partial charge in [-0.1, -0.05) is 0 Å². The number of imide groups is 1. The van der Waals surface area contributed by atoms with Crippen molar-refractivity contribution in [2.24, 2.45) is 0 Å². The first kappa shape index (κ1) is 10.7. The monoisotopic (exact) mass is 262 g/mol. The Balaban J connectivity index is 2.27. The summed E-state index contributed by atoms with van der Waals surface area (Å²) in [7, 11) is 0. The number of aromatic amines is 2. The first-order valence-corrected chi connectivity index (χ1v) is 5.38. The molecule has 0 spiro atoms. The molecule has 1 aromatic carbocycles. The Kier molecular flexibility index (Phi) is 2.08. The van der Waals surface area contributed by atoms with E-state index in [1.54, 1.807) is 6.07 Å².